The molecule has 0 N–H and O–H groups in total. The first-order valence-corrected chi connectivity index (χ1v) is 8.16. The van der Waals surface area contributed by atoms with Crippen LogP contribution in [0.5, 0.6) is 0 Å². The molecule has 0 spiro atoms. The first-order valence-electron chi connectivity index (χ1n) is 8.16. The van der Waals surface area contributed by atoms with Crippen LogP contribution in [-0.2, 0) is 30.3 Å². The molecule has 1 aliphatic rings. The van der Waals surface area contributed by atoms with E-state index in [9.17, 15) is 4.79 Å². The molecule has 0 bridgehead atoms. The molecule has 0 aliphatic carbocycles. The Kier molecular flexibility index (Phi) is 6.97. The summed E-state index contributed by atoms with van der Waals surface area (Å²) in [5.41, 5.74) is 1.09. The maximum atomic E-state index is 11.1. The van der Waals surface area contributed by atoms with Crippen LogP contribution in [0.3, 0.4) is 0 Å². The summed E-state index contributed by atoms with van der Waals surface area (Å²) in [6.07, 6.45) is 0.818. The van der Waals surface area contributed by atoms with E-state index in [2.05, 4.69) is 6.58 Å². The number of ether oxygens (including phenoxy) is 4. The Morgan fingerprint density at radius 1 is 1.33 bits per heavy atom. The number of carbonyl (C=O) groups is 1. The summed E-state index contributed by atoms with van der Waals surface area (Å²) in [5.74, 6) is -0.195. The molecule has 1 aromatic rings. The maximum absolute atomic E-state index is 11.1. The molecule has 2 rings (SSSR count). The van der Waals surface area contributed by atoms with Crippen molar-refractivity contribution in [2.24, 2.45) is 11.8 Å². The third kappa shape index (κ3) is 4.66. The fourth-order valence-corrected chi connectivity index (χ4v) is 2.99. The minimum absolute atomic E-state index is 0.0352. The van der Waals surface area contributed by atoms with E-state index in [0.717, 1.165) is 5.56 Å². The molecule has 5 nitrogen and oxygen atoms in total. The predicted molar refractivity (Wildman–Crippen MR) is 90.2 cm³/mol. The van der Waals surface area contributed by atoms with Gasteiger partial charge in [-0.2, -0.15) is 0 Å². The molecule has 132 valence electrons. The molecule has 0 amide bonds. The molecule has 1 aromatic carbocycles. The van der Waals surface area contributed by atoms with Gasteiger partial charge in [0.1, 0.15) is 12.7 Å². The van der Waals surface area contributed by atoms with Crippen molar-refractivity contribution in [3.05, 3.63) is 48.6 Å². The summed E-state index contributed by atoms with van der Waals surface area (Å²) >= 11 is 0. The standard InChI is InChI=1S/C19H26O5/c1-5-16-13(2)17(12-22-14(3)20)24-19(21-4)18(16)23-11-15-9-7-6-8-10-15/h5-10,13,16-19H,1,11-12H2,2-4H3/t13-,16-,17+,18-,19-/m0/s1. The highest BCUT2D eigenvalue weighted by Gasteiger charge is 2.43. The second-order valence-corrected chi connectivity index (χ2v) is 6.01. The van der Waals surface area contributed by atoms with Crippen LogP contribution in [0, 0.1) is 11.8 Å². The second kappa shape index (κ2) is 8.97. The number of methoxy groups -OCH3 is 1. The van der Waals surface area contributed by atoms with Crippen molar-refractivity contribution < 1.29 is 23.7 Å². The van der Waals surface area contributed by atoms with Gasteiger partial charge in [-0.25, -0.2) is 0 Å². The van der Waals surface area contributed by atoms with Crippen molar-refractivity contribution in [3.8, 4) is 0 Å². The zero-order valence-corrected chi connectivity index (χ0v) is 14.5. The van der Waals surface area contributed by atoms with Gasteiger partial charge in [0.25, 0.3) is 0 Å². The monoisotopic (exact) mass is 334 g/mol. The van der Waals surface area contributed by atoms with E-state index in [1.165, 1.54) is 6.92 Å². The van der Waals surface area contributed by atoms with Crippen molar-refractivity contribution in [1.82, 2.24) is 0 Å². The van der Waals surface area contributed by atoms with Gasteiger partial charge in [-0.3, -0.25) is 4.79 Å². The Bertz CT molecular complexity index is 530. The summed E-state index contributed by atoms with van der Waals surface area (Å²) < 4.78 is 22.6. The fourth-order valence-electron chi connectivity index (χ4n) is 2.99. The van der Waals surface area contributed by atoms with Crippen LogP contribution in [0.25, 0.3) is 0 Å². The van der Waals surface area contributed by atoms with Gasteiger partial charge in [0.15, 0.2) is 6.29 Å². The highest BCUT2D eigenvalue weighted by Crippen LogP contribution is 2.34. The zero-order valence-electron chi connectivity index (χ0n) is 14.5. The van der Waals surface area contributed by atoms with Crippen LogP contribution in [0.4, 0.5) is 0 Å². The summed E-state index contributed by atoms with van der Waals surface area (Å²) in [4.78, 5) is 11.1. The highest BCUT2D eigenvalue weighted by atomic mass is 16.7. The summed E-state index contributed by atoms with van der Waals surface area (Å²) in [7, 11) is 1.59. The van der Waals surface area contributed by atoms with Gasteiger partial charge >= 0.3 is 5.97 Å². The van der Waals surface area contributed by atoms with Gasteiger partial charge in [0.2, 0.25) is 0 Å². The number of esters is 1. The topological polar surface area (TPSA) is 54.0 Å². The van der Waals surface area contributed by atoms with Gasteiger partial charge in [0, 0.05) is 20.0 Å². The highest BCUT2D eigenvalue weighted by molar-refractivity contribution is 5.65. The molecule has 24 heavy (non-hydrogen) atoms. The van der Waals surface area contributed by atoms with Gasteiger partial charge < -0.3 is 18.9 Å². The molecule has 0 unspecified atom stereocenters. The molecule has 5 heteroatoms. The molecule has 1 aliphatic heterocycles. The predicted octanol–water partition coefficient (Wildman–Crippen LogP) is 2.94. The third-order valence-electron chi connectivity index (χ3n) is 4.39. The molecule has 0 saturated carbocycles. The van der Waals surface area contributed by atoms with Gasteiger partial charge in [0.05, 0.1) is 12.7 Å². The summed E-state index contributed by atoms with van der Waals surface area (Å²) in [6.45, 7) is 8.05. The van der Waals surface area contributed by atoms with Crippen LogP contribution in [-0.4, -0.2) is 38.2 Å². The summed E-state index contributed by atoms with van der Waals surface area (Å²) in [6, 6.07) is 9.96. The Balaban J connectivity index is 2.06. The normalized spacial score (nSPS) is 29.9. The Labute approximate surface area is 143 Å². The largest absolute Gasteiger partial charge is 0.463 e. The van der Waals surface area contributed by atoms with Crippen LogP contribution in [0.15, 0.2) is 43.0 Å². The van der Waals surface area contributed by atoms with E-state index in [1.807, 2.05) is 43.3 Å². The fraction of sp³-hybridized carbons (Fsp3) is 0.526. The number of benzene rings is 1. The van der Waals surface area contributed by atoms with Gasteiger partial charge in [-0.15, -0.1) is 6.58 Å². The Hall–Kier alpha value is -1.69. The van der Waals surface area contributed by atoms with E-state index in [-0.39, 0.29) is 36.6 Å². The third-order valence-corrected chi connectivity index (χ3v) is 4.39. The van der Waals surface area contributed by atoms with Crippen molar-refractivity contribution >= 4 is 5.97 Å². The quantitative estimate of drug-likeness (QED) is 0.567. The van der Waals surface area contributed by atoms with E-state index in [4.69, 9.17) is 18.9 Å². The lowest BCUT2D eigenvalue weighted by atomic mass is 9.82. The number of carbonyl (C=O) groups excluding carboxylic acids is 1. The Morgan fingerprint density at radius 3 is 2.62 bits per heavy atom. The first kappa shape index (κ1) is 18.6. The lowest BCUT2D eigenvalue weighted by Gasteiger charge is -2.43. The lowest BCUT2D eigenvalue weighted by Crippen LogP contribution is -2.52. The molecular weight excluding hydrogens is 308 g/mol. The maximum Gasteiger partial charge on any atom is 0.302 e. The van der Waals surface area contributed by atoms with E-state index in [1.54, 1.807) is 7.11 Å². The Morgan fingerprint density at radius 2 is 2.04 bits per heavy atom. The van der Waals surface area contributed by atoms with Crippen molar-refractivity contribution in [1.29, 1.82) is 0 Å². The molecule has 5 atom stereocenters. The molecular formula is C19H26O5. The average molecular weight is 334 g/mol. The minimum Gasteiger partial charge on any atom is -0.463 e. The van der Waals surface area contributed by atoms with E-state index < -0.39 is 6.29 Å². The second-order valence-electron chi connectivity index (χ2n) is 6.01. The molecule has 1 saturated heterocycles. The summed E-state index contributed by atoms with van der Waals surface area (Å²) in [5, 5.41) is 0. The van der Waals surface area contributed by atoms with Crippen LogP contribution in [0.2, 0.25) is 0 Å². The molecule has 0 aromatic heterocycles. The zero-order chi connectivity index (χ0) is 17.5. The number of rotatable bonds is 7. The van der Waals surface area contributed by atoms with Gasteiger partial charge in [-0.1, -0.05) is 43.3 Å². The smallest absolute Gasteiger partial charge is 0.302 e. The minimum atomic E-state index is -0.534. The van der Waals surface area contributed by atoms with Crippen molar-refractivity contribution in [3.63, 3.8) is 0 Å². The number of hydrogen-bond acceptors (Lipinski definition) is 5. The van der Waals surface area contributed by atoms with Crippen LogP contribution < -0.4 is 0 Å². The number of hydrogen-bond donors (Lipinski definition) is 0. The molecule has 1 fully saturated rings. The van der Waals surface area contributed by atoms with Gasteiger partial charge in [-0.05, 0) is 11.5 Å². The van der Waals surface area contributed by atoms with Crippen molar-refractivity contribution in [2.75, 3.05) is 13.7 Å². The lowest BCUT2D eigenvalue weighted by molar-refractivity contribution is -0.275. The van der Waals surface area contributed by atoms with E-state index in [0.29, 0.717) is 6.61 Å². The van der Waals surface area contributed by atoms with Crippen molar-refractivity contribution in [2.45, 2.75) is 39.0 Å². The molecule has 0 radical (unpaired) electrons. The van der Waals surface area contributed by atoms with E-state index >= 15 is 0 Å². The first-order chi connectivity index (χ1) is 11.6. The molecule has 1 heterocycles. The van der Waals surface area contributed by atoms with Crippen LogP contribution in [0.1, 0.15) is 19.4 Å². The SMILES string of the molecule is C=C[C@H]1[C@H](C)[C@@H](COC(C)=O)O[C@H](OC)[C@H]1OCc1ccccc1. The van der Waals surface area contributed by atoms with Crippen LogP contribution >= 0.6 is 0 Å². The average Bonchev–Trinajstić information content (AvgIpc) is 2.59.